The first-order chi connectivity index (χ1) is 9.73. The van der Waals surface area contributed by atoms with Crippen LogP contribution < -0.4 is 10.0 Å². The van der Waals surface area contributed by atoms with Gasteiger partial charge in [0.25, 0.3) is 0 Å². The van der Waals surface area contributed by atoms with Crippen molar-refractivity contribution in [3.05, 3.63) is 0 Å². The smallest absolute Gasteiger partial charge is 0.237 e. The van der Waals surface area contributed by atoms with E-state index in [0.717, 1.165) is 6.54 Å². The molecular weight excluding hydrogens is 330 g/mol. The maximum absolute atomic E-state index is 12.1. The largest absolute Gasteiger partial charge is 0.378 e. The van der Waals surface area contributed by atoms with E-state index in [-0.39, 0.29) is 55.4 Å². The van der Waals surface area contributed by atoms with Gasteiger partial charge < -0.3 is 15.0 Å². The Labute approximate surface area is 139 Å². The number of carbonyl (C=O) groups is 1. The van der Waals surface area contributed by atoms with Gasteiger partial charge in [0, 0.05) is 25.2 Å². The lowest BCUT2D eigenvalue weighted by Gasteiger charge is -2.38. The van der Waals surface area contributed by atoms with E-state index in [1.54, 1.807) is 4.90 Å². The van der Waals surface area contributed by atoms with Crippen molar-refractivity contribution in [3.8, 4) is 0 Å². The summed E-state index contributed by atoms with van der Waals surface area (Å²) in [6.07, 6.45) is -0.00924. The van der Waals surface area contributed by atoms with Crippen molar-refractivity contribution in [3.63, 3.8) is 0 Å². The molecule has 0 radical (unpaired) electrons. The molecule has 0 aliphatic carbocycles. The second-order valence-electron chi connectivity index (χ2n) is 5.63. The normalized spacial score (nSPS) is 22.5. The summed E-state index contributed by atoms with van der Waals surface area (Å²) in [7, 11) is -3.48. The van der Waals surface area contributed by atoms with Crippen molar-refractivity contribution in [2.75, 3.05) is 32.0 Å². The number of nitrogens with zero attached hydrogens (tertiary/aromatic N) is 1. The molecule has 1 fully saturated rings. The SMILES string of the molecule is CC(C)OCCS(=O)(=O)NCC(=O)N1CCNC(C)C1C.Cl. The topological polar surface area (TPSA) is 87.7 Å². The molecule has 1 heterocycles. The standard InChI is InChI=1S/C13H27N3O4S.ClH/c1-10(2)20-7-8-21(18,19)15-9-13(17)16-6-5-14-11(3)12(16)4;/h10-12,14-15H,5-9H2,1-4H3;1H. The maximum Gasteiger partial charge on any atom is 0.237 e. The molecule has 7 nitrogen and oxygen atoms in total. The third kappa shape index (κ3) is 7.23. The Bertz CT molecular complexity index is 445. The Kier molecular flexibility index (Phi) is 9.49. The first-order valence-electron chi connectivity index (χ1n) is 7.34. The molecule has 2 N–H and O–H groups in total. The monoisotopic (exact) mass is 357 g/mol. The van der Waals surface area contributed by atoms with Gasteiger partial charge in [-0.2, -0.15) is 0 Å². The van der Waals surface area contributed by atoms with Crippen LogP contribution in [0.3, 0.4) is 0 Å². The van der Waals surface area contributed by atoms with E-state index in [2.05, 4.69) is 10.0 Å². The van der Waals surface area contributed by atoms with Gasteiger partial charge in [0.2, 0.25) is 15.9 Å². The van der Waals surface area contributed by atoms with E-state index in [0.29, 0.717) is 6.54 Å². The molecule has 22 heavy (non-hydrogen) atoms. The van der Waals surface area contributed by atoms with Gasteiger partial charge in [-0.05, 0) is 27.7 Å². The summed E-state index contributed by atoms with van der Waals surface area (Å²) < 4.78 is 31.1. The van der Waals surface area contributed by atoms with E-state index in [4.69, 9.17) is 4.74 Å². The number of piperazine rings is 1. The summed E-state index contributed by atoms with van der Waals surface area (Å²) in [5.41, 5.74) is 0. The van der Waals surface area contributed by atoms with Crippen molar-refractivity contribution in [2.24, 2.45) is 0 Å². The van der Waals surface area contributed by atoms with E-state index in [9.17, 15) is 13.2 Å². The Morgan fingerprint density at radius 1 is 1.41 bits per heavy atom. The highest BCUT2D eigenvalue weighted by Gasteiger charge is 2.28. The van der Waals surface area contributed by atoms with Crippen LogP contribution in [-0.4, -0.2) is 69.4 Å². The minimum atomic E-state index is -3.48. The Balaban J connectivity index is 0.00000441. The van der Waals surface area contributed by atoms with Gasteiger partial charge in [0.05, 0.1) is 25.0 Å². The number of hydrogen-bond donors (Lipinski definition) is 2. The van der Waals surface area contributed by atoms with Crippen LogP contribution >= 0.6 is 12.4 Å². The number of halogens is 1. The number of sulfonamides is 1. The fourth-order valence-electron chi connectivity index (χ4n) is 2.15. The fraction of sp³-hybridized carbons (Fsp3) is 0.923. The lowest BCUT2D eigenvalue weighted by Crippen LogP contribution is -2.58. The number of rotatable bonds is 7. The zero-order valence-electron chi connectivity index (χ0n) is 13.7. The van der Waals surface area contributed by atoms with E-state index in [1.807, 2.05) is 27.7 Å². The average Bonchev–Trinajstić information content (AvgIpc) is 2.38. The van der Waals surface area contributed by atoms with Crippen LogP contribution in [0.15, 0.2) is 0 Å². The fourth-order valence-corrected chi connectivity index (χ4v) is 2.95. The van der Waals surface area contributed by atoms with E-state index in [1.165, 1.54) is 0 Å². The predicted molar refractivity (Wildman–Crippen MR) is 88.8 cm³/mol. The van der Waals surface area contributed by atoms with Crippen LogP contribution in [0.5, 0.6) is 0 Å². The van der Waals surface area contributed by atoms with Crippen LogP contribution in [-0.2, 0) is 19.6 Å². The Morgan fingerprint density at radius 3 is 2.64 bits per heavy atom. The van der Waals surface area contributed by atoms with Crippen molar-refractivity contribution in [1.82, 2.24) is 14.9 Å². The van der Waals surface area contributed by atoms with Crippen LogP contribution in [0.2, 0.25) is 0 Å². The quantitative estimate of drug-likeness (QED) is 0.667. The summed E-state index contributed by atoms with van der Waals surface area (Å²) in [6, 6.07) is 0.263. The zero-order valence-corrected chi connectivity index (χ0v) is 15.3. The lowest BCUT2D eigenvalue weighted by molar-refractivity contribution is -0.133. The molecule has 1 amide bonds. The van der Waals surface area contributed by atoms with Crippen LogP contribution in [0, 0.1) is 0 Å². The minimum Gasteiger partial charge on any atom is -0.378 e. The van der Waals surface area contributed by atoms with Gasteiger partial charge in [0.15, 0.2) is 0 Å². The molecule has 132 valence electrons. The molecule has 0 aromatic rings. The van der Waals surface area contributed by atoms with Crippen molar-refractivity contribution >= 4 is 28.3 Å². The van der Waals surface area contributed by atoms with Gasteiger partial charge in [-0.3, -0.25) is 4.79 Å². The van der Waals surface area contributed by atoms with Gasteiger partial charge in [0.1, 0.15) is 0 Å². The molecule has 0 spiro atoms. The number of hydrogen-bond acceptors (Lipinski definition) is 5. The molecule has 1 aliphatic heterocycles. The van der Waals surface area contributed by atoms with Gasteiger partial charge in [-0.1, -0.05) is 0 Å². The zero-order chi connectivity index (χ0) is 16.0. The van der Waals surface area contributed by atoms with E-state index >= 15 is 0 Å². The number of nitrogens with one attached hydrogen (secondary N) is 2. The summed E-state index contributed by atoms with van der Waals surface area (Å²) in [5.74, 6) is -0.324. The van der Waals surface area contributed by atoms with Crippen molar-refractivity contribution in [1.29, 1.82) is 0 Å². The molecule has 0 aromatic carbocycles. The lowest BCUT2D eigenvalue weighted by atomic mass is 10.1. The molecule has 1 saturated heterocycles. The molecule has 1 aliphatic rings. The molecule has 0 saturated carbocycles. The van der Waals surface area contributed by atoms with Gasteiger partial charge >= 0.3 is 0 Å². The Morgan fingerprint density at radius 2 is 2.05 bits per heavy atom. The molecule has 0 bridgehead atoms. The predicted octanol–water partition coefficient (Wildman–Crippen LogP) is -0.0386. The second-order valence-corrected chi connectivity index (χ2v) is 7.56. The highest BCUT2D eigenvalue weighted by molar-refractivity contribution is 7.89. The number of amides is 1. The molecule has 9 heteroatoms. The van der Waals surface area contributed by atoms with Crippen LogP contribution in [0.4, 0.5) is 0 Å². The van der Waals surface area contributed by atoms with Crippen molar-refractivity contribution < 1.29 is 17.9 Å². The average molecular weight is 358 g/mol. The van der Waals surface area contributed by atoms with Crippen LogP contribution in [0.1, 0.15) is 27.7 Å². The van der Waals surface area contributed by atoms with Gasteiger partial charge in [-0.15, -0.1) is 12.4 Å². The van der Waals surface area contributed by atoms with E-state index < -0.39 is 10.0 Å². The summed E-state index contributed by atoms with van der Waals surface area (Å²) >= 11 is 0. The van der Waals surface area contributed by atoms with Crippen LogP contribution in [0.25, 0.3) is 0 Å². The Hall–Kier alpha value is -0.410. The summed E-state index contributed by atoms with van der Waals surface area (Å²) in [6.45, 7) is 8.92. The third-order valence-corrected chi connectivity index (χ3v) is 4.89. The van der Waals surface area contributed by atoms with Crippen molar-refractivity contribution in [2.45, 2.75) is 45.9 Å². The first kappa shape index (κ1) is 21.6. The molecule has 2 unspecified atom stereocenters. The summed E-state index contributed by atoms with van der Waals surface area (Å²) in [4.78, 5) is 13.8. The number of carbonyl (C=O) groups excluding carboxylic acids is 1. The minimum absolute atomic E-state index is 0. The molecule has 2 atom stereocenters. The highest BCUT2D eigenvalue weighted by Crippen LogP contribution is 2.08. The molecule has 0 aromatic heterocycles. The van der Waals surface area contributed by atoms with Gasteiger partial charge in [-0.25, -0.2) is 13.1 Å². The summed E-state index contributed by atoms with van der Waals surface area (Å²) in [5, 5.41) is 3.28. The third-order valence-electron chi connectivity index (χ3n) is 3.60. The highest BCUT2D eigenvalue weighted by atomic mass is 35.5. The molecular formula is C13H28ClN3O4S. The maximum atomic E-state index is 12.1. The number of ether oxygens (including phenoxy) is 1. The molecule has 1 rings (SSSR count). The first-order valence-corrected chi connectivity index (χ1v) is 9.00. The second kappa shape index (κ2) is 9.67.